The Bertz CT molecular complexity index is 944. The number of hydrogen-bond acceptors (Lipinski definition) is 4. The number of nitrogens with one attached hydrogen (secondary N) is 1. The number of nitrogens with zero attached hydrogens (tertiary/aromatic N) is 1. The van der Waals surface area contributed by atoms with Gasteiger partial charge >= 0.3 is 0 Å². The van der Waals surface area contributed by atoms with E-state index in [4.69, 9.17) is 0 Å². The van der Waals surface area contributed by atoms with Crippen molar-refractivity contribution in [2.75, 3.05) is 11.9 Å². The Morgan fingerprint density at radius 1 is 1.07 bits per heavy atom. The fourth-order valence-corrected chi connectivity index (χ4v) is 3.87. The van der Waals surface area contributed by atoms with Crippen molar-refractivity contribution in [3.8, 4) is 0 Å². The Kier molecular flexibility index (Phi) is 5.99. The molecule has 144 valence electrons. The molecule has 0 radical (unpaired) electrons. The Balaban J connectivity index is 1.69. The third-order valence-electron chi connectivity index (χ3n) is 4.37. The lowest BCUT2D eigenvalue weighted by Gasteiger charge is -2.13. The SMILES string of the molecule is CCc1ccc(/C=C2\SC(=O)N(CC(=O)Nc3cc(C)cc(C)c3)C2=O)cc1. The summed E-state index contributed by atoms with van der Waals surface area (Å²) in [6.07, 6.45) is 2.62. The number of rotatable bonds is 5. The van der Waals surface area contributed by atoms with E-state index < -0.39 is 17.1 Å². The second kappa shape index (κ2) is 8.44. The molecule has 3 amide bonds. The molecule has 0 aliphatic carbocycles. The van der Waals surface area contributed by atoms with Crippen LogP contribution in [0.1, 0.15) is 29.2 Å². The predicted molar refractivity (Wildman–Crippen MR) is 113 cm³/mol. The van der Waals surface area contributed by atoms with E-state index in [9.17, 15) is 14.4 Å². The first-order chi connectivity index (χ1) is 13.4. The van der Waals surface area contributed by atoms with E-state index in [0.717, 1.165) is 39.8 Å². The summed E-state index contributed by atoms with van der Waals surface area (Å²) in [7, 11) is 0. The van der Waals surface area contributed by atoms with Crippen molar-refractivity contribution in [3.63, 3.8) is 0 Å². The summed E-state index contributed by atoms with van der Waals surface area (Å²) in [4.78, 5) is 38.4. The maximum absolute atomic E-state index is 12.6. The molecule has 1 saturated heterocycles. The van der Waals surface area contributed by atoms with Crippen LogP contribution in [-0.2, 0) is 16.0 Å². The fourth-order valence-electron chi connectivity index (χ4n) is 3.03. The fraction of sp³-hybridized carbons (Fsp3) is 0.227. The van der Waals surface area contributed by atoms with Gasteiger partial charge in [0.15, 0.2) is 0 Å². The summed E-state index contributed by atoms with van der Waals surface area (Å²) in [6, 6.07) is 13.5. The van der Waals surface area contributed by atoms with E-state index in [2.05, 4.69) is 12.2 Å². The van der Waals surface area contributed by atoms with Crippen LogP contribution in [0, 0.1) is 13.8 Å². The first-order valence-electron chi connectivity index (χ1n) is 9.08. The van der Waals surface area contributed by atoms with Gasteiger partial charge in [0.1, 0.15) is 6.54 Å². The standard InChI is InChI=1S/C22H22N2O3S/c1-4-16-5-7-17(8-6-16)12-19-21(26)24(22(27)28-19)13-20(25)23-18-10-14(2)9-15(3)11-18/h5-12H,4,13H2,1-3H3,(H,23,25)/b19-12-. The molecule has 0 spiro atoms. The number of hydrogen-bond donors (Lipinski definition) is 1. The van der Waals surface area contributed by atoms with Crippen molar-refractivity contribution in [1.82, 2.24) is 4.90 Å². The summed E-state index contributed by atoms with van der Waals surface area (Å²) in [6.45, 7) is 5.65. The molecule has 1 N–H and O–H groups in total. The Labute approximate surface area is 168 Å². The molecule has 1 heterocycles. The molecule has 2 aromatic rings. The van der Waals surface area contributed by atoms with E-state index in [-0.39, 0.29) is 6.54 Å². The zero-order chi connectivity index (χ0) is 20.3. The normalized spacial score (nSPS) is 15.4. The van der Waals surface area contributed by atoms with Crippen LogP contribution >= 0.6 is 11.8 Å². The van der Waals surface area contributed by atoms with Crippen molar-refractivity contribution < 1.29 is 14.4 Å². The van der Waals surface area contributed by atoms with Crippen molar-refractivity contribution in [3.05, 3.63) is 69.6 Å². The average Bonchev–Trinajstić information content (AvgIpc) is 2.89. The molecule has 28 heavy (non-hydrogen) atoms. The zero-order valence-electron chi connectivity index (χ0n) is 16.1. The van der Waals surface area contributed by atoms with Crippen LogP contribution in [0.5, 0.6) is 0 Å². The Hall–Kier alpha value is -2.86. The van der Waals surface area contributed by atoms with Gasteiger partial charge < -0.3 is 5.32 Å². The minimum atomic E-state index is -0.440. The lowest BCUT2D eigenvalue weighted by atomic mass is 10.1. The molecule has 3 rings (SSSR count). The molecule has 1 aliphatic rings. The van der Waals surface area contributed by atoms with Crippen molar-refractivity contribution >= 4 is 40.6 Å². The molecule has 6 heteroatoms. The number of carbonyl (C=O) groups excluding carboxylic acids is 3. The maximum Gasteiger partial charge on any atom is 0.294 e. The topological polar surface area (TPSA) is 66.5 Å². The van der Waals surface area contributed by atoms with Gasteiger partial charge in [0.25, 0.3) is 11.1 Å². The first-order valence-corrected chi connectivity index (χ1v) is 9.90. The lowest BCUT2D eigenvalue weighted by molar-refractivity contribution is -0.127. The van der Waals surface area contributed by atoms with Crippen LogP contribution in [0.4, 0.5) is 10.5 Å². The van der Waals surface area contributed by atoms with Gasteiger partial charge in [-0.15, -0.1) is 0 Å². The largest absolute Gasteiger partial charge is 0.325 e. The third kappa shape index (κ3) is 4.70. The van der Waals surface area contributed by atoms with Gasteiger partial charge in [-0.3, -0.25) is 19.3 Å². The Morgan fingerprint density at radius 3 is 2.32 bits per heavy atom. The van der Waals surface area contributed by atoms with Gasteiger partial charge in [-0.2, -0.15) is 0 Å². The number of anilines is 1. The summed E-state index contributed by atoms with van der Waals surface area (Å²) in [5.74, 6) is -0.842. The van der Waals surface area contributed by atoms with Crippen molar-refractivity contribution in [2.24, 2.45) is 0 Å². The quantitative estimate of drug-likeness (QED) is 0.756. The van der Waals surface area contributed by atoms with Crippen LogP contribution in [0.2, 0.25) is 0 Å². The minimum Gasteiger partial charge on any atom is -0.325 e. The third-order valence-corrected chi connectivity index (χ3v) is 5.27. The number of thioether (sulfide) groups is 1. The van der Waals surface area contributed by atoms with E-state index in [1.807, 2.05) is 56.3 Å². The smallest absolute Gasteiger partial charge is 0.294 e. The summed E-state index contributed by atoms with van der Waals surface area (Å²) < 4.78 is 0. The number of benzene rings is 2. The highest BCUT2D eigenvalue weighted by atomic mass is 32.2. The second-order valence-corrected chi connectivity index (χ2v) is 7.78. The molecular formula is C22H22N2O3S. The lowest BCUT2D eigenvalue weighted by Crippen LogP contribution is -2.36. The molecule has 5 nitrogen and oxygen atoms in total. The van der Waals surface area contributed by atoms with Crippen LogP contribution in [0.15, 0.2) is 47.4 Å². The predicted octanol–water partition coefficient (Wildman–Crippen LogP) is 4.54. The molecule has 0 saturated carbocycles. The summed E-state index contributed by atoms with van der Waals surface area (Å²) in [5, 5.41) is 2.32. The van der Waals surface area contributed by atoms with Crippen LogP contribution in [-0.4, -0.2) is 28.5 Å². The van der Waals surface area contributed by atoms with Gasteiger partial charge in [0.2, 0.25) is 5.91 Å². The number of amides is 3. The number of imide groups is 1. The molecule has 1 fully saturated rings. The van der Waals surface area contributed by atoms with Crippen molar-refractivity contribution in [2.45, 2.75) is 27.2 Å². The highest BCUT2D eigenvalue weighted by Gasteiger charge is 2.36. The molecule has 0 atom stereocenters. The maximum atomic E-state index is 12.6. The average molecular weight is 394 g/mol. The molecule has 0 aromatic heterocycles. The van der Waals surface area contributed by atoms with E-state index in [1.165, 1.54) is 5.56 Å². The van der Waals surface area contributed by atoms with Crippen LogP contribution in [0.3, 0.4) is 0 Å². The molecule has 2 aromatic carbocycles. The highest BCUT2D eigenvalue weighted by molar-refractivity contribution is 8.18. The zero-order valence-corrected chi connectivity index (χ0v) is 16.9. The molecule has 1 aliphatic heterocycles. The highest BCUT2D eigenvalue weighted by Crippen LogP contribution is 2.32. The van der Waals surface area contributed by atoms with E-state index >= 15 is 0 Å². The molecule has 0 unspecified atom stereocenters. The van der Waals surface area contributed by atoms with Gasteiger partial charge in [0, 0.05) is 5.69 Å². The Morgan fingerprint density at radius 2 is 1.71 bits per heavy atom. The van der Waals surface area contributed by atoms with E-state index in [0.29, 0.717) is 10.6 Å². The molecular weight excluding hydrogens is 372 g/mol. The minimum absolute atomic E-state index is 0.302. The van der Waals surface area contributed by atoms with Crippen LogP contribution in [0.25, 0.3) is 6.08 Å². The first kappa shape index (κ1) is 19.9. The van der Waals surface area contributed by atoms with Gasteiger partial charge in [-0.1, -0.05) is 37.3 Å². The van der Waals surface area contributed by atoms with Crippen LogP contribution < -0.4 is 5.32 Å². The summed E-state index contributed by atoms with van der Waals surface area (Å²) in [5.41, 5.74) is 4.76. The van der Waals surface area contributed by atoms with Gasteiger partial charge in [0.05, 0.1) is 4.91 Å². The second-order valence-electron chi connectivity index (χ2n) is 6.79. The monoisotopic (exact) mass is 394 g/mol. The number of aryl methyl sites for hydroxylation is 3. The molecule has 0 bridgehead atoms. The van der Waals surface area contributed by atoms with Crippen molar-refractivity contribution in [1.29, 1.82) is 0 Å². The summed E-state index contributed by atoms with van der Waals surface area (Å²) >= 11 is 0.858. The van der Waals surface area contributed by atoms with E-state index in [1.54, 1.807) is 6.08 Å². The van der Waals surface area contributed by atoms with Gasteiger partial charge in [-0.25, -0.2) is 0 Å². The van der Waals surface area contributed by atoms with Gasteiger partial charge in [-0.05, 0) is 72.5 Å². The number of carbonyl (C=O) groups is 3.